The van der Waals surface area contributed by atoms with Gasteiger partial charge in [0.05, 0.1) is 20.1 Å². The van der Waals surface area contributed by atoms with Gasteiger partial charge in [-0.3, -0.25) is 9.59 Å². The molecule has 2 aromatic rings. The van der Waals surface area contributed by atoms with E-state index in [1.807, 2.05) is 32.0 Å². The van der Waals surface area contributed by atoms with E-state index in [2.05, 4.69) is 5.32 Å². The number of methoxy groups -OCH3 is 2. The minimum Gasteiger partial charge on any atom is -0.493 e. The summed E-state index contributed by atoms with van der Waals surface area (Å²) in [5.41, 5.74) is 3.21. The minimum atomic E-state index is -0.211. The Morgan fingerprint density at radius 2 is 1.71 bits per heavy atom. The molecular formula is C24H29NO6. The van der Waals surface area contributed by atoms with Gasteiger partial charge in [-0.25, -0.2) is 0 Å². The number of ether oxygens (including phenoxy) is 4. The summed E-state index contributed by atoms with van der Waals surface area (Å²) < 4.78 is 22.4. The first-order chi connectivity index (χ1) is 15.0. The topological polar surface area (TPSA) is 83.1 Å². The predicted molar refractivity (Wildman–Crippen MR) is 117 cm³/mol. The summed E-state index contributed by atoms with van der Waals surface area (Å²) in [5.74, 6) is 1.05. The van der Waals surface area contributed by atoms with Gasteiger partial charge in [-0.1, -0.05) is 26.0 Å². The van der Waals surface area contributed by atoms with Gasteiger partial charge in [0, 0.05) is 17.7 Å². The van der Waals surface area contributed by atoms with Crippen LogP contribution in [0.15, 0.2) is 30.3 Å². The summed E-state index contributed by atoms with van der Waals surface area (Å²) in [6, 6.07) is 9.28. The summed E-state index contributed by atoms with van der Waals surface area (Å²) in [7, 11) is 3.10. The normalized spacial score (nSPS) is 12.4. The average Bonchev–Trinajstić information content (AvgIpc) is 3.18. The van der Waals surface area contributed by atoms with Crippen molar-refractivity contribution in [1.29, 1.82) is 0 Å². The molecule has 1 N–H and O–H groups in total. The quantitative estimate of drug-likeness (QED) is 0.456. The molecule has 0 fully saturated rings. The van der Waals surface area contributed by atoms with Crippen LogP contribution in [0.4, 0.5) is 0 Å². The van der Waals surface area contributed by atoms with Crippen molar-refractivity contribution in [3.8, 4) is 28.4 Å². The van der Waals surface area contributed by atoms with Crippen molar-refractivity contribution in [2.75, 3.05) is 27.4 Å². The van der Waals surface area contributed by atoms with E-state index in [9.17, 15) is 9.59 Å². The van der Waals surface area contributed by atoms with Crippen LogP contribution in [0, 0.1) is 5.92 Å². The Kier molecular flexibility index (Phi) is 7.39. The van der Waals surface area contributed by atoms with Crippen LogP contribution in [0.2, 0.25) is 0 Å². The molecule has 1 aliphatic heterocycles. The van der Waals surface area contributed by atoms with Crippen LogP contribution >= 0.6 is 0 Å². The maximum absolute atomic E-state index is 12.1. The third-order valence-corrected chi connectivity index (χ3v) is 5.53. The first-order valence-corrected chi connectivity index (χ1v) is 10.5. The van der Waals surface area contributed by atoms with Gasteiger partial charge in [0.15, 0.2) is 11.5 Å². The number of carbonyl (C=O) groups excluding carboxylic acids is 2. The zero-order valence-corrected chi connectivity index (χ0v) is 18.4. The minimum absolute atomic E-state index is 0.0897. The lowest BCUT2D eigenvalue weighted by molar-refractivity contribution is -0.149. The molecule has 0 bridgehead atoms. The summed E-state index contributed by atoms with van der Waals surface area (Å²) in [6.45, 7) is 4.68. The Balaban J connectivity index is 1.89. The molecule has 0 aliphatic carbocycles. The fourth-order valence-corrected chi connectivity index (χ4v) is 3.79. The predicted octanol–water partition coefficient (Wildman–Crippen LogP) is 3.97. The molecule has 0 radical (unpaired) electrons. The van der Waals surface area contributed by atoms with Crippen LogP contribution < -0.4 is 19.5 Å². The molecule has 1 amide bonds. The van der Waals surface area contributed by atoms with Crippen LogP contribution in [-0.4, -0.2) is 39.3 Å². The molecule has 0 saturated heterocycles. The zero-order chi connectivity index (χ0) is 22.4. The third kappa shape index (κ3) is 4.60. The van der Waals surface area contributed by atoms with Gasteiger partial charge in [0.2, 0.25) is 5.75 Å². The molecule has 2 aromatic carbocycles. The molecule has 0 aromatic heterocycles. The molecular weight excluding hydrogens is 398 g/mol. The van der Waals surface area contributed by atoms with Gasteiger partial charge in [0.25, 0.3) is 5.91 Å². The third-order valence-electron chi connectivity index (χ3n) is 5.53. The fraction of sp³-hybridized carbons (Fsp3) is 0.417. The Labute approximate surface area is 182 Å². The summed E-state index contributed by atoms with van der Waals surface area (Å²) in [5, 5.41) is 2.86. The first-order valence-electron chi connectivity index (χ1n) is 10.5. The van der Waals surface area contributed by atoms with Gasteiger partial charge >= 0.3 is 5.97 Å². The van der Waals surface area contributed by atoms with Crippen molar-refractivity contribution in [3.05, 3.63) is 41.5 Å². The standard InChI is InChI=1S/C24H29NO6/c1-5-15(6-2)24(27)31-13-12-30-21-17(10-11-20(28-3)22(21)29-4)16-8-7-9-18-19(16)14-25-23(18)26/h7-11,15H,5-6,12-14H2,1-4H3,(H,25,26). The number of nitrogens with one attached hydrogen (secondary N) is 1. The van der Waals surface area contributed by atoms with E-state index in [1.165, 1.54) is 0 Å². The zero-order valence-electron chi connectivity index (χ0n) is 18.4. The lowest BCUT2D eigenvalue weighted by Crippen LogP contribution is -2.19. The van der Waals surface area contributed by atoms with Crippen molar-refractivity contribution in [3.63, 3.8) is 0 Å². The van der Waals surface area contributed by atoms with Gasteiger partial charge < -0.3 is 24.3 Å². The second kappa shape index (κ2) is 10.2. The maximum Gasteiger partial charge on any atom is 0.309 e. The van der Waals surface area contributed by atoms with E-state index in [0.717, 1.165) is 29.5 Å². The second-order valence-corrected chi connectivity index (χ2v) is 7.22. The Hall–Kier alpha value is -3.22. The average molecular weight is 427 g/mol. The Morgan fingerprint density at radius 3 is 2.39 bits per heavy atom. The monoisotopic (exact) mass is 427 g/mol. The number of esters is 1. The van der Waals surface area contributed by atoms with E-state index in [1.54, 1.807) is 26.4 Å². The summed E-state index contributed by atoms with van der Waals surface area (Å²) in [4.78, 5) is 24.2. The van der Waals surface area contributed by atoms with Crippen molar-refractivity contribution < 1.29 is 28.5 Å². The molecule has 1 heterocycles. The molecule has 0 spiro atoms. The molecule has 0 unspecified atom stereocenters. The first kappa shape index (κ1) is 22.5. The van der Waals surface area contributed by atoms with E-state index in [4.69, 9.17) is 18.9 Å². The van der Waals surface area contributed by atoms with Crippen molar-refractivity contribution >= 4 is 11.9 Å². The Morgan fingerprint density at radius 1 is 0.968 bits per heavy atom. The van der Waals surface area contributed by atoms with E-state index in [-0.39, 0.29) is 31.0 Å². The molecule has 1 aliphatic rings. The van der Waals surface area contributed by atoms with Crippen LogP contribution in [-0.2, 0) is 16.1 Å². The lowest BCUT2D eigenvalue weighted by Gasteiger charge is -2.19. The smallest absolute Gasteiger partial charge is 0.309 e. The van der Waals surface area contributed by atoms with Crippen molar-refractivity contribution in [2.45, 2.75) is 33.2 Å². The molecule has 7 nitrogen and oxygen atoms in total. The summed E-state index contributed by atoms with van der Waals surface area (Å²) in [6.07, 6.45) is 1.49. The number of amides is 1. The SMILES string of the molecule is CCC(CC)C(=O)OCCOc1c(-c2cccc3c2CNC3=O)ccc(OC)c1OC. The van der Waals surface area contributed by atoms with Crippen molar-refractivity contribution in [1.82, 2.24) is 5.32 Å². The highest BCUT2D eigenvalue weighted by Crippen LogP contribution is 2.46. The van der Waals surface area contributed by atoms with E-state index >= 15 is 0 Å². The van der Waals surface area contributed by atoms with Crippen LogP contribution in [0.25, 0.3) is 11.1 Å². The highest BCUT2D eigenvalue weighted by atomic mass is 16.6. The molecule has 31 heavy (non-hydrogen) atoms. The number of benzene rings is 2. The number of hydrogen-bond acceptors (Lipinski definition) is 6. The fourth-order valence-electron chi connectivity index (χ4n) is 3.79. The highest BCUT2D eigenvalue weighted by Gasteiger charge is 2.25. The summed E-state index contributed by atoms with van der Waals surface area (Å²) >= 11 is 0. The molecule has 0 saturated carbocycles. The Bertz CT molecular complexity index is 951. The van der Waals surface area contributed by atoms with Gasteiger partial charge in [0.1, 0.15) is 13.2 Å². The largest absolute Gasteiger partial charge is 0.493 e. The number of rotatable bonds is 10. The maximum atomic E-state index is 12.1. The van der Waals surface area contributed by atoms with Crippen molar-refractivity contribution in [2.24, 2.45) is 5.92 Å². The molecule has 3 rings (SSSR count). The number of carbonyl (C=O) groups is 2. The molecule has 0 atom stereocenters. The molecule has 7 heteroatoms. The van der Waals surface area contributed by atoms with Crippen LogP contribution in [0.1, 0.15) is 42.6 Å². The number of hydrogen-bond donors (Lipinski definition) is 1. The molecule has 166 valence electrons. The van der Waals surface area contributed by atoms with E-state index < -0.39 is 0 Å². The van der Waals surface area contributed by atoms with Gasteiger partial charge in [-0.05, 0) is 42.2 Å². The second-order valence-electron chi connectivity index (χ2n) is 7.22. The van der Waals surface area contributed by atoms with Crippen LogP contribution in [0.5, 0.6) is 17.2 Å². The van der Waals surface area contributed by atoms with E-state index in [0.29, 0.717) is 29.4 Å². The highest BCUT2D eigenvalue weighted by molar-refractivity contribution is 6.01. The van der Waals surface area contributed by atoms with Gasteiger partial charge in [-0.15, -0.1) is 0 Å². The van der Waals surface area contributed by atoms with Crippen LogP contribution in [0.3, 0.4) is 0 Å². The lowest BCUT2D eigenvalue weighted by atomic mass is 9.95. The number of fused-ring (bicyclic) bond motifs is 1. The van der Waals surface area contributed by atoms with Gasteiger partial charge in [-0.2, -0.15) is 0 Å².